The smallest absolute Gasteiger partial charge is 0.237 e. The number of anilines is 1. The van der Waals surface area contributed by atoms with Crippen molar-refractivity contribution in [1.29, 1.82) is 0 Å². The average molecular weight is 384 g/mol. The van der Waals surface area contributed by atoms with Crippen molar-refractivity contribution in [3.63, 3.8) is 0 Å². The number of benzene rings is 1. The van der Waals surface area contributed by atoms with Crippen molar-refractivity contribution in [2.75, 3.05) is 31.6 Å². The maximum Gasteiger partial charge on any atom is 0.237 e. The number of likely N-dealkylation sites (tertiary alicyclic amines) is 1. The van der Waals surface area contributed by atoms with E-state index in [1.54, 1.807) is 17.0 Å². The summed E-state index contributed by atoms with van der Waals surface area (Å²) in [4.78, 5) is 27.3. The number of aliphatic hydroxyl groups is 1. The fourth-order valence-corrected chi connectivity index (χ4v) is 4.55. The fourth-order valence-electron chi connectivity index (χ4n) is 4.22. The molecule has 3 aliphatic rings. The number of fused-ring (bicyclic) bond motifs is 2. The molecular formula is C17H19Cl2N3O3. The number of nitrogens with zero attached hydrogens (tertiary/aromatic N) is 1. The van der Waals surface area contributed by atoms with Crippen LogP contribution in [0.2, 0.25) is 10.0 Å². The summed E-state index contributed by atoms with van der Waals surface area (Å²) in [5.41, 5.74) is 0.748. The largest absolute Gasteiger partial charge is 0.395 e. The summed E-state index contributed by atoms with van der Waals surface area (Å²) in [6.45, 7) is 1.48. The van der Waals surface area contributed by atoms with Gasteiger partial charge >= 0.3 is 0 Å². The molecule has 2 saturated heterocycles. The Morgan fingerprint density at radius 3 is 2.84 bits per heavy atom. The third-order valence-electron chi connectivity index (χ3n) is 5.63. The molecule has 3 atom stereocenters. The van der Waals surface area contributed by atoms with Gasteiger partial charge in [-0.3, -0.25) is 9.59 Å². The van der Waals surface area contributed by atoms with Gasteiger partial charge < -0.3 is 20.6 Å². The summed E-state index contributed by atoms with van der Waals surface area (Å²) in [7, 11) is 0. The van der Waals surface area contributed by atoms with Crippen molar-refractivity contribution in [2.45, 2.75) is 24.3 Å². The van der Waals surface area contributed by atoms with Gasteiger partial charge in [-0.05, 0) is 30.5 Å². The summed E-state index contributed by atoms with van der Waals surface area (Å²) >= 11 is 12.2. The summed E-state index contributed by atoms with van der Waals surface area (Å²) < 4.78 is 0. The molecule has 4 rings (SSSR count). The van der Waals surface area contributed by atoms with Crippen molar-refractivity contribution >= 4 is 40.7 Å². The summed E-state index contributed by atoms with van der Waals surface area (Å²) in [5, 5.41) is 16.1. The van der Waals surface area contributed by atoms with Gasteiger partial charge in [0.15, 0.2) is 0 Å². The number of carbonyl (C=O) groups is 2. The van der Waals surface area contributed by atoms with Crippen LogP contribution in [0.3, 0.4) is 0 Å². The standard InChI is InChI=1S/C17H19Cl2N3O3/c18-12-4-11-14(5-13(12)19)21-16(25)17(11)1-2-22(8-17)15(24)9-3-10(7-23)20-6-9/h4-5,9-10,20,23H,1-3,6-8H2,(H,21,25)/t9-,10+,17+/m0/s1. The lowest BCUT2D eigenvalue weighted by Crippen LogP contribution is -2.41. The minimum atomic E-state index is -0.748. The minimum Gasteiger partial charge on any atom is -0.395 e. The number of hydrogen-bond acceptors (Lipinski definition) is 4. The van der Waals surface area contributed by atoms with Gasteiger partial charge in [0.1, 0.15) is 0 Å². The molecule has 0 aromatic heterocycles. The summed E-state index contributed by atoms with van der Waals surface area (Å²) in [5.74, 6) is -0.208. The molecule has 1 aromatic rings. The second-order valence-electron chi connectivity index (χ2n) is 7.08. The van der Waals surface area contributed by atoms with Gasteiger partial charge in [-0.2, -0.15) is 0 Å². The third-order valence-corrected chi connectivity index (χ3v) is 6.35. The Bertz CT molecular complexity index is 757. The predicted octanol–water partition coefficient (Wildman–Crippen LogP) is 1.39. The van der Waals surface area contributed by atoms with Gasteiger partial charge in [0, 0.05) is 31.4 Å². The zero-order valence-corrected chi connectivity index (χ0v) is 15.0. The number of hydrogen-bond donors (Lipinski definition) is 3. The van der Waals surface area contributed by atoms with Crippen molar-refractivity contribution in [3.05, 3.63) is 27.7 Å². The van der Waals surface area contributed by atoms with Crippen LogP contribution in [0, 0.1) is 5.92 Å². The zero-order chi connectivity index (χ0) is 17.8. The molecule has 2 amide bonds. The molecule has 0 unspecified atom stereocenters. The Hall–Kier alpha value is -1.34. The van der Waals surface area contributed by atoms with Crippen LogP contribution >= 0.6 is 23.2 Å². The maximum atomic E-state index is 12.8. The fraction of sp³-hybridized carbons (Fsp3) is 0.529. The van der Waals surface area contributed by atoms with Gasteiger partial charge in [-0.1, -0.05) is 23.2 Å². The lowest BCUT2D eigenvalue weighted by Gasteiger charge is -2.24. The summed E-state index contributed by atoms with van der Waals surface area (Å²) in [6, 6.07) is 3.38. The second kappa shape index (κ2) is 6.13. The molecule has 134 valence electrons. The first-order chi connectivity index (χ1) is 11.9. The van der Waals surface area contributed by atoms with E-state index in [0.717, 1.165) is 5.56 Å². The van der Waals surface area contributed by atoms with Crippen LogP contribution < -0.4 is 10.6 Å². The molecule has 25 heavy (non-hydrogen) atoms. The normalized spacial score (nSPS) is 30.8. The number of aliphatic hydroxyl groups excluding tert-OH is 1. The Morgan fingerprint density at radius 2 is 2.12 bits per heavy atom. The van der Waals surface area contributed by atoms with E-state index < -0.39 is 5.41 Å². The molecule has 0 radical (unpaired) electrons. The first kappa shape index (κ1) is 17.1. The van der Waals surface area contributed by atoms with Gasteiger partial charge in [-0.15, -0.1) is 0 Å². The van der Waals surface area contributed by atoms with Crippen molar-refractivity contribution in [2.24, 2.45) is 5.92 Å². The lowest BCUT2D eigenvalue weighted by atomic mass is 9.81. The number of carbonyl (C=O) groups excluding carboxylic acids is 2. The number of nitrogens with one attached hydrogen (secondary N) is 2. The Morgan fingerprint density at radius 1 is 1.36 bits per heavy atom. The van der Waals surface area contributed by atoms with E-state index in [1.165, 1.54) is 0 Å². The number of rotatable bonds is 2. The molecule has 0 bridgehead atoms. The van der Waals surface area contributed by atoms with E-state index in [2.05, 4.69) is 10.6 Å². The predicted molar refractivity (Wildman–Crippen MR) is 95.0 cm³/mol. The first-order valence-electron chi connectivity index (χ1n) is 8.38. The molecule has 8 heteroatoms. The third kappa shape index (κ3) is 2.63. The number of halogens is 2. The van der Waals surface area contributed by atoms with E-state index in [1.807, 2.05) is 0 Å². The Balaban J connectivity index is 1.57. The topological polar surface area (TPSA) is 81.7 Å². The van der Waals surface area contributed by atoms with Crippen LogP contribution in [-0.4, -0.2) is 54.1 Å². The van der Waals surface area contributed by atoms with E-state index in [-0.39, 0.29) is 30.4 Å². The van der Waals surface area contributed by atoms with E-state index in [9.17, 15) is 14.7 Å². The van der Waals surface area contributed by atoms with E-state index in [0.29, 0.717) is 48.2 Å². The molecular weight excluding hydrogens is 365 g/mol. The molecule has 3 aliphatic heterocycles. The molecule has 2 fully saturated rings. The van der Waals surface area contributed by atoms with Crippen LogP contribution in [0.1, 0.15) is 18.4 Å². The van der Waals surface area contributed by atoms with Gasteiger partial charge in [0.2, 0.25) is 11.8 Å². The zero-order valence-electron chi connectivity index (χ0n) is 13.5. The molecule has 3 heterocycles. The average Bonchev–Trinajstić information content (AvgIpc) is 3.29. The van der Waals surface area contributed by atoms with Crippen LogP contribution in [0.5, 0.6) is 0 Å². The van der Waals surface area contributed by atoms with Gasteiger partial charge in [-0.25, -0.2) is 0 Å². The summed E-state index contributed by atoms with van der Waals surface area (Å²) in [6.07, 6.45) is 1.20. The quantitative estimate of drug-likeness (QED) is 0.720. The molecule has 1 aromatic carbocycles. The lowest BCUT2D eigenvalue weighted by molar-refractivity contribution is -0.134. The molecule has 3 N–H and O–H groups in total. The van der Waals surface area contributed by atoms with E-state index in [4.69, 9.17) is 23.2 Å². The van der Waals surface area contributed by atoms with Gasteiger partial charge in [0.25, 0.3) is 0 Å². The molecule has 1 spiro atoms. The SMILES string of the molecule is O=C([C@@H]1CN[C@@H](CO)C1)N1CC[C@]2(C1)C(=O)Nc1cc(Cl)c(Cl)cc12. The number of amides is 2. The highest BCUT2D eigenvalue weighted by Gasteiger charge is 2.53. The van der Waals surface area contributed by atoms with Crippen LogP contribution in [-0.2, 0) is 15.0 Å². The monoisotopic (exact) mass is 383 g/mol. The highest BCUT2D eigenvalue weighted by Crippen LogP contribution is 2.47. The van der Waals surface area contributed by atoms with Gasteiger partial charge in [0.05, 0.1) is 28.0 Å². The van der Waals surface area contributed by atoms with E-state index >= 15 is 0 Å². The Labute approximate surface area is 155 Å². The molecule has 0 saturated carbocycles. The minimum absolute atomic E-state index is 0.0260. The van der Waals surface area contributed by atoms with Crippen LogP contribution in [0.15, 0.2) is 12.1 Å². The molecule has 6 nitrogen and oxygen atoms in total. The van der Waals surface area contributed by atoms with Crippen LogP contribution in [0.25, 0.3) is 0 Å². The highest BCUT2D eigenvalue weighted by molar-refractivity contribution is 6.42. The van der Waals surface area contributed by atoms with Crippen molar-refractivity contribution in [1.82, 2.24) is 10.2 Å². The highest BCUT2D eigenvalue weighted by atomic mass is 35.5. The van der Waals surface area contributed by atoms with Crippen molar-refractivity contribution in [3.8, 4) is 0 Å². The molecule has 0 aliphatic carbocycles. The van der Waals surface area contributed by atoms with Crippen LogP contribution in [0.4, 0.5) is 5.69 Å². The first-order valence-corrected chi connectivity index (χ1v) is 9.14. The van der Waals surface area contributed by atoms with Crippen molar-refractivity contribution < 1.29 is 14.7 Å². The second-order valence-corrected chi connectivity index (χ2v) is 7.89. The maximum absolute atomic E-state index is 12.8. The Kier molecular flexibility index (Phi) is 4.19.